The van der Waals surface area contributed by atoms with Crippen molar-refractivity contribution in [3.63, 3.8) is 0 Å². The molecule has 0 radical (unpaired) electrons. The smallest absolute Gasteiger partial charge is 0.312 e. The van der Waals surface area contributed by atoms with Crippen LogP contribution in [0.1, 0.15) is 33.4 Å². The molecule has 3 atom stereocenters. The van der Waals surface area contributed by atoms with Gasteiger partial charge in [-0.1, -0.05) is 20.8 Å². The van der Waals surface area contributed by atoms with E-state index < -0.39 is 32.8 Å². The molecule has 0 saturated carbocycles. The summed E-state index contributed by atoms with van der Waals surface area (Å²) in [5.41, 5.74) is 6.25. The molecular weight excluding hydrogens is 357 g/mol. The van der Waals surface area contributed by atoms with Crippen LogP contribution in [0.4, 0.5) is 10.2 Å². The zero-order valence-corrected chi connectivity index (χ0v) is 16.7. The average Bonchev–Trinajstić information content (AvgIpc) is 3.07. The number of nitrogens with two attached hydrogens (primary N) is 1. The first kappa shape index (κ1) is 19.1. The summed E-state index contributed by atoms with van der Waals surface area (Å²) in [5.74, 6) is -0.0254. The van der Waals surface area contributed by atoms with Crippen LogP contribution in [0.5, 0.6) is 0 Å². The predicted octanol–water partition coefficient (Wildman–Crippen LogP) is 2.22. The van der Waals surface area contributed by atoms with Crippen LogP contribution in [0.3, 0.4) is 0 Å². The lowest BCUT2D eigenvalue weighted by Gasteiger charge is -2.37. The molecule has 0 spiro atoms. The fraction of sp³-hybridized carbons (Fsp3) is 0.688. The van der Waals surface area contributed by atoms with E-state index in [0.29, 0.717) is 18.5 Å². The molecule has 144 valence electrons. The molecule has 2 aromatic heterocycles. The average molecular weight is 384 g/mol. The maximum absolute atomic E-state index is 13.5. The summed E-state index contributed by atoms with van der Waals surface area (Å²) < 4.78 is 27.2. The fourth-order valence-electron chi connectivity index (χ4n) is 2.66. The second-order valence-electron chi connectivity index (χ2n) is 8.21. The van der Waals surface area contributed by atoms with Crippen LogP contribution in [0.25, 0.3) is 11.2 Å². The summed E-state index contributed by atoms with van der Waals surface area (Å²) in [5, 5.41) is 10.5. The number of imidazole rings is 1. The number of ether oxygens (including phenoxy) is 1. The van der Waals surface area contributed by atoms with Crippen molar-refractivity contribution in [3.05, 3.63) is 12.4 Å². The number of hydrogen-bond acceptors (Lipinski definition) is 7. The molecular formula is C16H26FN5O3Si. The summed E-state index contributed by atoms with van der Waals surface area (Å²) in [6.07, 6.45) is -0.779. The van der Waals surface area contributed by atoms with E-state index in [1.807, 2.05) is 0 Å². The molecule has 2 aromatic rings. The molecule has 1 fully saturated rings. The minimum Gasteiger partial charge on any atom is -0.414 e. The van der Waals surface area contributed by atoms with E-state index in [2.05, 4.69) is 48.8 Å². The molecule has 3 rings (SSSR count). The van der Waals surface area contributed by atoms with E-state index in [1.54, 1.807) is 4.57 Å². The summed E-state index contributed by atoms with van der Waals surface area (Å²) >= 11 is 0. The number of fused-ring (bicyclic) bond motifs is 1. The molecule has 10 heteroatoms. The van der Waals surface area contributed by atoms with Gasteiger partial charge in [0.2, 0.25) is 0 Å². The van der Waals surface area contributed by atoms with Gasteiger partial charge < -0.3 is 20.0 Å². The number of anilines is 1. The second kappa shape index (κ2) is 6.52. The molecule has 0 aliphatic carbocycles. The van der Waals surface area contributed by atoms with Gasteiger partial charge in [0.05, 0.1) is 19.0 Å². The Morgan fingerprint density at radius 3 is 2.77 bits per heavy atom. The van der Waals surface area contributed by atoms with Gasteiger partial charge in [0.1, 0.15) is 12.3 Å². The Labute approximate surface area is 152 Å². The Bertz CT molecular complexity index is 807. The Morgan fingerprint density at radius 2 is 2.12 bits per heavy atom. The van der Waals surface area contributed by atoms with Crippen LogP contribution in [-0.2, 0) is 9.16 Å². The molecule has 26 heavy (non-hydrogen) atoms. The minimum absolute atomic E-state index is 0.0254. The fourth-order valence-corrected chi connectivity index (χ4v) is 3.68. The van der Waals surface area contributed by atoms with Gasteiger partial charge in [-0.2, -0.15) is 14.4 Å². The van der Waals surface area contributed by atoms with Crippen molar-refractivity contribution < 1.29 is 18.7 Å². The number of halogens is 1. The highest BCUT2D eigenvalue weighted by Gasteiger charge is 2.41. The van der Waals surface area contributed by atoms with Crippen LogP contribution in [0, 0.1) is 6.08 Å². The van der Waals surface area contributed by atoms with Crippen LogP contribution >= 0.6 is 0 Å². The van der Waals surface area contributed by atoms with E-state index in [-0.39, 0.29) is 16.5 Å². The van der Waals surface area contributed by atoms with E-state index in [9.17, 15) is 9.50 Å². The number of nitrogen functional groups attached to an aromatic ring is 1. The minimum atomic E-state index is -1.95. The molecule has 0 unspecified atom stereocenters. The maximum Gasteiger partial charge on any atom is 0.312 e. The first-order chi connectivity index (χ1) is 12.0. The van der Waals surface area contributed by atoms with Crippen LogP contribution in [0.15, 0.2) is 6.33 Å². The van der Waals surface area contributed by atoms with E-state index >= 15 is 0 Å². The van der Waals surface area contributed by atoms with E-state index in [1.165, 1.54) is 6.33 Å². The van der Waals surface area contributed by atoms with Crippen LogP contribution < -0.4 is 5.73 Å². The molecule has 0 aromatic carbocycles. The van der Waals surface area contributed by atoms with Crippen molar-refractivity contribution in [1.29, 1.82) is 0 Å². The quantitative estimate of drug-likeness (QED) is 0.615. The zero-order chi connectivity index (χ0) is 19.3. The van der Waals surface area contributed by atoms with Crippen molar-refractivity contribution in [2.75, 3.05) is 12.3 Å². The SMILES string of the molecule is CC(C)(C)[Si](C)(C)OC[C@H]1O[C@@H](n2cnc3c(N)nc(F)nc32)C[C@@H]1O. The van der Waals surface area contributed by atoms with E-state index in [0.717, 1.165) is 0 Å². The zero-order valence-electron chi connectivity index (χ0n) is 15.7. The summed E-state index contributed by atoms with van der Waals surface area (Å²) in [6, 6.07) is 0. The lowest BCUT2D eigenvalue weighted by Crippen LogP contribution is -2.43. The molecule has 8 nitrogen and oxygen atoms in total. The maximum atomic E-state index is 13.5. The normalized spacial score (nSPS) is 24.5. The largest absolute Gasteiger partial charge is 0.414 e. The van der Waals surface area contributed by atoms with Gasteiger partial charge in [0.25, 0.3) is 0 Å². The highest BCUT2D eigenvalue weighted by Crippen LogP contribution is 2.38. The predicted molar refractivity (Wildman–Crippen MR) is 97.4 cm³/mol. The van der Waals surface area contributed by atoms with E-state index in [4.69, 9.17) is 14.9 Å². The van der Waals surface area contributed by atoms with Crippen LogP contribution in [0.2, 0.25) is 18.1 Å². The monoisotopic (exact) mass is 383 g/mol. The van der Waals surface area contributed by atoms with Gasteiger partial charge in [-0.3, -0.25) is 4.57 Å². The third kappa shape index (κ3) is 3.46. The number of rotatable bonds is 4. The second-order valence-corrected chi connectivity index (χ2v) is 13.0. The van der Waals surface area contributed by atoms with Gasteiger partial charge >= 0.3 is 6.08 Å². The lowest BCUT2D eigenvalue weighted by atomic mass is 10.2. The molecule has 3 heterocycles. The van der Waals surface area contributed by atoms with Gasteiger partial charge in [-0.05, 0) is 18.1 Å². The third-order valence-electron chi connectivity index (χ3n) is 5.35. The van der Waals surface area contributed by atoms with Crippen LogP contribution in [-0.4, -0.2) is 51.8 Å². The highest BCUT2D eigenvalue weighted by atomic mass is 28.4. The number of aliphatic hydroxyl groups excluding tert-OH is 1. The molecule has 1 saturated heterocycles. The van der Waals surface area contributed by atoms with Gasteiger partial charge in [0.15, 0.2) is 25.3 Å². The number of nitrogens with zero attached hydrogens (tertiary/aromatic N) is 4. The molecule has 0 bridgehead atoms. The molecule has 1 aliphatic rings. The topological polar surface area (TPSA) is 108 Å². The van der Waals surface area contributed by atoms with Crippen molar-refractivity contribution in [1.82, 2.24) is 19.5 Å². The van der Waals surface area contributed by atoms with Gasteiger partial charge in [-0.15, -0.1) is 0 Å². The first-order valence-corrected chi connectivity index (χ1v) is 11.5. The lowest BCUT2D eigenvalue weighted by molar-refractivity contribution is -0.0405. The van der Waals surface area contributed by atoms with Crippen molar-refractivity contribution in [2.45, 2.75) is 63.8 Å². The number of hydrogen-bond donors (Lipinski definition) is 2. The van der Waals surface area contributed by atoms with Gasteiger partial charge in [-0.25, -0.2) is 4.98 Å². The van der Waals surface area contributed by atoms with Crippen molar-refractivity contribution >= 4 is 25.3 Å². The summed E-state index contributed by atoms with van der Waals surface area (Å²) in [4.78, 5) is 11.4. The standard InChI is InChI=1S/C16H26FN5O3Si/c1-16(2,3)26(4,5)24-7-10-9(23)6-11(25-10)22-8-19-12-13(18)20-15(17)21-14(12)22/h8-11,23H,6-7H2,1-5H3,(H2,18,20,21)/t9-,10+,11+/m0/s1. The third-order valence-corrected chi connectivity index (χ3v) is 9.85. The number of aromatic nitrogens is 4. The highest BCUT2D eigenvalue weighted by molar-refractivity contribution is 6.74. The molecule has 1 aliphatic heterocycles. The Kier molecular flexibility index (Phi) is 4.80. The summed E-state index contributed by atoms with van der Waals surface area (Å²) in [6.45, 7) is 11.1. The number of aliphatic hydroxyl groups is 1. The Balaban J connectivity index is 1.75. The van der Waals surface area contributed by atoms with Crippen molar-refractivity contribution in [2.24, 2.45) is 0 Å². The Morgan fingerprint density at radius 1 is 1.42 bits per heavy atom. The molecule has 3 N–H and O–H groups in total. The Hall–Kier alpha value is -1.62. The van der Waals surface area contributed by atoms with Gasteiger partial charge in [0, 0.05) is 6.42 Å². The van der Waals surface area contributed by atoms with Crippen molar-refractivity contribution in [3.8, 4) is 0 Å². The first-order valence-electron chi connectivity index (χ1n) is 8.62. The molecule has 0 amide bonds. The summed E-state index contributed by atoms with van der Waals surface area (Å²) in [7, 11) is -1.95.